The summed E-state index contributed by atoms with van der Waals surface area (Å²) in [7, 11) is 1.91. The first kappa shape index (κ1) is 14.2. The standard InChI is InChI=1S/C16H20FN3O/c1-19-10-13(9-18-19)15-3-2-8-20(15)11-16(21)12-4-6-14(17)7-5-12/h4-7,9-10,15-16,21H,2-3,8,11H2,1H3/t15-,16+/m1/s1. The summed E-state index contributed by atoms with van der Waals surface area (Å²) in [6.45, 7) is 1.53. The summed E-state index contributed by atoms with van der Waals surface area (Å²) in [4.78, 5) is 2.28. The number of rotatable bonds is 4. The maximum absolute atomic E-state index is 12.9. The molecular weight excluding hydrogens is 269 g/mol. The van der Waals surface area contributed by atoms with Crippen molar-refractivity contribution >= 4 is 0 Å². The number of β-amino-alcohol motifs (C(OH)–C–C–N with tert-alkyl or cyclic N) is 1. The van der Waals surface area contributed by atoms with Crippen molar-refractivity contribution in [1.29, 1.82) is 0 Å². The molecule has 0 amide bonds. The fourth-order valence-corrected chi connectivity index (χ4v) is 3.05. The lowest BCUT2D eigenvalue weighted by molar-refractivity contribution is 0.106. The Morgan fingerprint density at radius 2 is 2.14 bits per heavy atom. The van der Waals surface area contributed by atoms with Gasteiger partial charge in [-0.2, -0.15) is 5.10 Å². The maximum Gasteiger partial charge on any atom is 0.123 e. The number of hydrogen-bond acceptors (Lipinski definition) is 3. The molecule has 0 bridgehead atoms. The van der Waals surface area contributed by atoms with E-state index in [4.69, 9.17) is 0 Å². The molecule has 0 spiro atoms. The highest BCUT2D eigenvalue weighted by molar-refractivity contribution is 5.19. The third-order valence-electron chi connectivity index (χ3n) is 4.14. The van der Waals surface area contributed by atoms with Gasteiger partial charge in [-0.05, 0) is 37.1 Å². The van der Waals surface area contributed by atoms with Crippen LogP contribution < -0.4 is 0 Å². The minimum absolute atomic E-state index is 0.277. The molecule has 1 aliphatic heterocycles. The van der Waals surface area contributed by atoms with Crippen LogP contribution in [0.1, 0.15) is 36.1 Å². The van der Waals surface area contributed by atoms with Gasteiger partial charge in [0.15, 0.2) is 0 Å². The summed E-state index contributed by atoms with van der Waals surface area (Å²) in [6.07, 6.45) is 5.54. The summed E-state index contributed by atoms with van der Waals surface area (Å²) in [6, 6.07) is 6.39. The zero-order valence-corrected chi connectivity index (χ0v) is 12.1. The van der Waals surface area contributed by atoms with Gasteiger partial charge in [0.05, 0.1) is 12.3 Å². The number of hydrogen-bond donors (Lipinski definition) is 1. The summed E-state index contributed by atoms with van der Waals surface area (Å²) in [5, 5.41) is 14.6. The summed E-state index contributed by atoms with van der Waals surface area (Å²) in [5.41, 5.74) is 1.95. The third kappa shape index (κ3) is 3.14. The van der Waals surface area contributed by atoms with Crippen molar-refractivity contribution in [2.45, 2.75) is 25.0 Å². The fourth-order valence-electron chi connectivity index (χ4n) is 3.05. The van der Waals surface area contributed by atoms with E-state index in [-0.39, 0.29) is 5.82 Å². The molecule has 1 fully saturated rings. The maximum atomic E-state index is 12.9. The van der Waals surface area contributed by atoms with E-state index in [9.17, 15) is 9.50 Å². The van der Waals surface area contributed by atoms with Gasteiger partial charge in [-0.3, -0.25) is 9.58 Å². The molecule has 1 aromatic heterocycles. The Hall–Kier alpha value is -1.72. The van der Waals surface area contributed by atoms with Crippen LogP contribution in [0, 0.1) is 5.82 Å². The number of aryl methyl sites for hydroxylation is 1. The number of likely N-dealkylation sites (tertiary alicyclic amines) is 1. The normalized spacial score (nSPS) is 20.8. The van der Waals surface area contributed by atoms with E-state index in [0.717, 1.165) is 24.9 Å². The molecule has 0 unspecified atom stereocenters. The van der Waals surface area contributed by atoms with Gasteiger partial charge in [0, 0.05) is 31.4 Å². The van der Waals surface area contributed by atoms with Crippen LogP contribution in [-0.2, 0) is 7.05 Å². The molecule has 0 saturated carbocycles. The van der Waals surface area contributed by atoms with E-state index in [0.29, 0.717) is 12.6 Å². The van der Waals surface area contributed by atoms with Crippen LogP contribution in [0.5, 0.6) is 0 Å². The lowest BCUT2D eigenvalue weighted by Gasteiger charge is -2.26. The minimum Gasteiger partial charge on any atom is -0.387 e. The van der Waals surface area contributed by atoms with Gasteiger partial charge in [0.2, 0.25) is 0 Å². The molecule has 4 nitrogen and oxygen atoms in total. The average Bonchev–Trinajstić information content (AvgIpc) is 3.08. The Balaban J connectivity index is 1.69. The fraction of sp³-hybridized carbons (Fsp3) is 0.438. The van der Waals surface area contributed by atoms with Crippen molar-refractivity contribution < 1.29 is 9.50 Å². The predicted octanol–water partition coefficient (Wildman–Crippen LogP) is 2.43. The van der Waals surface area contributed by atoms with Gasteiger partial charge in [0.25, 0.3) is 0 Å². The smallest absolute Gasteiger partial charge is 0.123 e. The van der Waals surface area contributed by atoms with Crippen LogP contribution in [0.3, 0.4) is 0 Å². The number of aliphatic hydroxyl groups is 1. The Kier molecular flexibility index (Phi) is 4.03. The number of halogens is 1. The quantitative estimate of drug-likeness (QED) is 0.940. The lowest BCUT2D eigenvalue weighted by Crippen LogP contribution is -2.28. The zero-order valence-electron chi connectivity index (χ0n) is 12.1. The molecule has 112 valence electrons. The van der Waals surface area contributed by atoms with Crippen molar-refractivity contribution in [2.75, 3.05) is 13.1 Å². The van der Waals surface area contributed by atoms with Gasteiger partial charge in [-0.25, -0.2) is 4.39 Å². The molecule has 5 heteroatoms. The molecule has 1 aliphatic rings. The lowest BCUT2D eigenvalue weighted by atomic mass is 10.1. The van der Waals surface area contributed by atoms with E-state index in [1.165, 1.54) is 17.7 Å². The van der Waals surface area contributed by atoms with Gasteiger partial charge >= 0.3 is 0 Å². The van der Waals surface area contributed by atoms with Crippen molar-refractivity contribution in [3.63, 3.8) is 0 Å². The van der Waals surface area contributed by atoms with E-state index in [1.54, 1.807) is 12.1 Å². The van der Waals surface area contributed by atoms with Gasteiger partial charge in [0.1, 0.15) is 5.82 Å². The molecule has 1 aromatic carbocycles. The monoisotopic (exact) mass is 289 g/mol. The Labute approximate surface area is 123 Å². The Morgan fingerprint density at radius 3 is 2.81 bits per heavy atom. The van der Waals surface area contributed by atoms with Gasteiger partial charge in [-0.15, -0.1) is 0 Å². The summed E-state index contributed by atoms with van der Waals surface area (Å²) in [5.74, 6) is -0.277. The van der Waals surface area contributed by atoms with E-state index < -0.39 is 6.10 Å². The zero-order chi connectivity index (χ0) is 14.8. The highest BCUT2D eigenvalue weighted by Gasteiger charge is 2.28. The first-order valence-corrected chi connectivity index (χ1v) is 7.29. The molecule has 2 atom stereocenters. The molecule has 1 saturated heterocycles. The third-order valence-corrected chi connectivity index (χ3v) is 4.14. The van der Waals surface area contributed by atoms with E-state index in [2.05, 4.69) is 10.00 Å². The largest absolute Gasteiger partial charge is 0.387 e. The molecule has 1 N–H and O–H groups in total. The highest BCUT2D eigenvalue weighted by Crippen LogP contribution is 2.33. The predicted molar refractivity (Wildman–Crippen MR) is 78.1 cm³/mol. The number of benzene rings is 1. The second kappa shape index (κ2) is 5.95. The average molecular weight is 289 g/mol. The number of aliphatic hydroxyl groups excluding tert-OH is 1. The first-order chi connectivity index (χ1) is 10.1. The molecule has 2 heterocycles. The topological polar surface area (TPSA) is 41.3 Å². The molecule has 3 rings (SSSR count). The summed E-state index contributed by atoms with van der Waals surface area (Å²) >= 11 is 0. The molecule has 0 aliphatic carbocycles. The van der Waals surface area contributed by atoms with Crippen LogP contribution in [0.25, 0.3) is 0 Å². The van der Waals surface area contributed by atoms with Crippen molar-refractivity contribution in [2.24, 2.45) is 7.05 Å². The second-order valence-corrected chi connectivity index (χ2v) is 5.67. The number of nitrogens with zero attached hydrogens (tertiary/aromatic N) is 3. The molecule has 0 radical (unpaired) electrons. The van der Waals surface area contributed by atoms with Crippen molar-refractivity contribution in [3.05, 3.63) is 53.6 Å². The van der Waals surface area contributed by atoms with Crippen molar-refractivity contribution in [1.82, 2.24) is 14.7 Å². The SMILES string of the molecule is Cn1cc([C@H]2CCCN2C[C@H](O)c2ccc(F)cc2)cn1. The molecule has 21 heavy (non-hydrogen) atoms. The Bertz CT molecular complexity index is 596. The van der Waals surface area contributed by atoms with Gasteiger partial charge < -0.3 is 5.11 Å². The van der Waals surface area contributed by atoms with E-state index >= 15 is 0 Å². The minimum atomic E-state index is -0.595. The van der Waals surface area contributed by atoms with Crippen molar-refractivity contribution in [3.8, 4) is 0 Å². The number of aromatic nitrogens is 2. The van der Waals surface area contributed by atoms with Gasteiger partial charge in [-0.1, -0.05) is 12.1 Å². The van der Waals surface area contributed by atoms with Crippen LogP contribution >= 0.6 is 0 Å². The first-order valence-electron chi connectivity index (χ1n) is 7.29. The second-order valence-electron chi connectivity index (χ2n) is 5.67. The van der Waals surface area contributed by atoms with Crippen LogP contribution in [0.4, 0.5) is 4.39 Å². The Morgan fingerprint density at radius 1 is 1.38 bits per heavy atom. The van der Waals surface area contributed by atoms with Crippen LogP contribution in [0.2, 0.25) is 0 Å². The highest BCUT2D eigenvalue weighted by atomic mass is 19.1. The van der Waals surface area contributed by atoms with Crippen LogP contribution in [-0.4, -0.2) is 32.9 Å². The molecule has 2 aromatic rings. The molecular formula is C16H20FN3O. The van der Waals surface area contributed by atoms with Crippen LogP contribution in [0.15, 0.2) is 36.7 Å². The summed E-state index contributed by atoms with van der Waals surface area (Å²) < 4.78 is 14.7. The van der Waals surface area contributed by atoms with E-state index in [1.807, 2.05) is 24.1 Å².